The van der Waals surface area contributed by atoms with E-state index in [9.17, 15) is 9.59 Å². The van der Waals surface area contributed by atoms with Crippen molar-refractivity contribution >= 4 is 12.4 Å². The lowest BCUT2D eigenvalue weighted by Gasteiger charge is -2.21. The minimum absolute atomic E-state index is 0.429. The number of alkyl carbamates (subject to hydrolysis) is 1. The Kier molecular flexibility index (Phi) is 7.59. The summed E-state index contributed by atoms with van der Waals surface area (Å²) in [6.45, 7) is 7.52. The van der Waals surface area contributed by atoms with Gasteiger partial charge in [0.05, 0.1) is 6.04 Å². The molecule has 4 heteroatoms. The molecule has 0 unspecified atom stereocenters. The zero-order chi connectivity index (χ0) is 13.3. The molecule has 100 valence electrons. The molecule has 17 heavy (non-hydrogen) atoms. The summed E-state index contributed by atoms with van der Waals surface area (Å²) in [6, 6.07) is -0.429. The lowest BCUT2D eigenvalue weighted by molar-refractivity contribution is -0.109. The molecule has 0 rings (SSSR count). The number of carbonyl (C=O) groups excluding carboxylic acids is 2. The fourth-order valence-corrected chi connectivity index (χ4v) is 1.42. The molecule has 0 fully saturated rings. The number of hydrogen-bond acceptors (Lipinski definition) is 3. The highest BCUT2D eigenvalue weighted by Gasteiger charge is 2.18. The van der Waals surface area contributed by atoms with Crippen molar-refractivity contribution in [3.8, 4) is 0 Å². The van der Waals surface area contributed by atoms with E-state index in [1.54, 1.807) is 20.8 Å². The first kappa shape index (κ1) is 15.9. The number of carbonyl (C=O) groups is 2. The largest absolute Gasteiger partial charge is 0.444 e. The monoisotopic (exact) mass is 243 g/mol. The van der Waals surface area contributed by atoms with Crippen molar-refractivity contribution in [1.82, 2.24) is 5.32 Å². The van der Waals surface area contributed by atoms with Crippen molar-refractivity contribution in [2.45, 2.75) is 71.4 Å². The fourth-order valence-electron chi connectivity index (χ4n) is 1.42. The van der Waals surface area contributed by atoms with Crippen molar-refractivity contribution in [2.24, 2.45) is 0 Å². The van der Waals surface area contributed by atoms with Gasteiger partial charge in [0.15, 0.2) is 0 Å². The molecule has 0 saturated heterocycles. The second-order valence-corrected chi connectivity index (χ2v) is 5.24. The van der Waals surface area contributed by atoms with Crippen molar-refractivity contribution in [3.05, 3.63) is 0 Å². The van der Waals surface area contributed by atoms with E-state index in [2.05, 4.69) is 12.2 Å². The van der Waals surface area contributed by atoms with E-state index in [4.69, 9.17) is 4.74 Å². The average molecular weight is 243 g/mol. The van der Waals surface area contributed by atoms with E-state index in [0.29, 0.717) is 6.42 Å². The molecule has 0 aliphatic heterocycles. The molecule has 0 heterocycles. The van der Waals surface area contributed by atoms with Gasteiger partial charge in [0.2, 0.25) is 0 Å². The Morgan fingerprint density at radius 3 is 2.41 bits per heavy atom. The molecule has 0 aliphatic carbocycles. The highest BCUT2D eigenvalue weighted by molar-refractivity contribution is 5.73. The van der Waals surface area contributed by atoms with Crippen LogP contribution in [0.1, 0.15) is 59.8 Å². The summed E-state index contributed by atoms with van der Waals surface area (Å²) in [5.74, 6) is 0. The van der Waals surface area contributed by atoms with Gasteiger partial charge in [-0.3, -0.25) is 0 Å². The Labute approximate surface area is 104 Å². The van der Waals surface area contributed by atoms with Gasteiger partial charge in [0.25, 0.3) is 0 Å². The smallest absolute Gasteiger partial charge is 0.408 e. The molecule has 0 saturated carbocycles. The minimum atomic E-state index is -0.528. The quantitative estimate of drug-likeness (QED) is 0.552. The second-order valence-electron chi connectivity index (χ2n) is 5.24. The molecule has 0 aromatic carbocycles. The van der Waals surface area contributed by atoms with Crippen molar-refractivity contribution in [3.63, 3.8) is 0 Å². The summed E-state index contributed by atoms with van der Waals surface area (Å²) in [5, 5.41) is 2.57. The van der Waals surface area contributed by atoms with Crippen LogP contribution >= 0.6 is 0 Å². The molecule has 1 atom stereocenters. The van der Waals surface area contributed by atoms with E-state index >= 15 is 0 Å². The number of ether oxygens (including phenoxy) is 1. The Hall–Kier alpha value is -1.06. The predicted molar refractivity (Wildman–Crippen MR) is 68.0 cm³/mol. The standard InChI is InChI=1S/C13H25NO3/c1-5-6-7-8-9-11(10-15)14-12(16)17-13(2,3)4/h10-11H,5-9H2,1-4H3,(H,14,16)/t11-/m0/s1. The number of hydrogen-bond donors (Lipinski definition) is 1. The Morgan fingerprint density at radius 2 is 1.94 bits per heavy atom. The number of aldehydes is 1. The maximum Gasteiger partial charge on any atom is 0.408 e. The third-order valence-corrected chi connectivity index (χ3v) is 2.24. The predicted octanol–water partition coefficient (Wildman–Crippen LogP) is 3.05. The van der Waals surface area contributed by atoms with Gasteiger partial charge < -0.3 is 14.8 Å². The van der Waals surface area contributed by atoms with Gasteiger partial charge in [-0.05, 0) is 27.2 Å². The summed E-state index contributed by atoms with van der Waals surface area (Å²) < 4.78 is 5.09. The first-order chi connectivity index (χ1) is 7.89. The first-order valence-corrected chi connectivity index (χ1v) is 6.34. The van der Waals surface area contributed by atoms with Crippen LogP contribution in [0.25, 0.3) is 0 Å². The highest BCUT2D eigenvalue weighted by atomic mass is 16.6. The van der Waals surface area contributed by atoms with Gasteiger partial charge in [-0.2, -0.15) is 0 Å². The Morgan fingerprint density at radius 1 is 1.29 bits per heavy atom. The van der Waals surface area contributed by atoms with Crippen molar-refractivity contribution in [1.29, 1.82) is 0 Å². The molecule has 0 aromatic rings. The Balaban J connectivity index is 3.88. The van der Waals surface area contributed by atoms with Crippen LogP contribution in [0.15, 0.2) is 0 Å². The van der Waals surface area contributed by atoms with Gasteiger partial charge >= 0.3 is 6.09 Å². The van der Waals surface area contributed by atoms with Crippen LogP contribution in [0.5, 0.6) is 0 Å². The molecule has 0 bridgehead atoms. The van der Waals surface area contributed by atoms with Crippen LogP contribution in [0, 0.1) is 0 Å². The maximum atomic E-state index is 11.4. The van der Waals surface area contributed by atoms with Crippen LogP contribution in [-0.2, 0) is 9.53 Å². The molecule has 0 aromatic heterocycles. The van der Waals surface area contributed by atoms with E-state index in [1.807, 2.05) is 0 Å². The minimum Gasteiger partial charge on any atom is -0.444 e. The van der Waals surface area contributed by atoms with Crippen LogP contribution in [0.2, 0.25) is 0 Å². The Bertz CT molecular complexity index is 233. The summed E-state index contributed by atoms with van der Waals surface area (Å²) in [6.07, 6.45) is 5.30. The first-order valence-electron chi connectivity index (χ1n) is 6.34. The number of amides is 1. The second kappa shape index (κ2) is 8.09. The normalized spacial score (nSPS) is 12.9. The molecule has 0 aliphatic rings. The van der Waals surface area contributed by atoms with E-state index < -0.39 is 17.7 Å². The van der Waals surface area contributed by atoms with Gasteiger partial charge in [-0.15, -0.1) is 0 Å². The molecule has 0 radical (unpaired) electrons. The number of unbranched alkanes of at least 4 members (excludes halogenated alkanes) is 3. The zero-order valence-corrected chi connectivity index (χ0v) is 11.4. The van der Waals surface area contributed by atoms with E-state index in [-0.39, 0.29) is 0 Å². The SMILES string of the molecule is CCCCCC[C@@H](C=O)NC(=O)OC(C)(C)C. The molecule has 0 spiro atoms. The lowest BCUT2D eigenvalue weighted by atomic mass is 10.1. The van der Waals surface area contributed by atoms with Gasteiger partial charge in [0.1, 0.15) is 11.9 Å². The van der Waals surface area contributed by atoms with Crippen LogP contribution in [0.4, 0.5) is 4.79 Å². The number of rotatable bonds is 7. The maximum absolute atomic E-state index is 11.4. The van der Waals surface area contributed by atoms with E-state index in [1.165, 1.54) is 0 Å². The summed E-state index contributed by atoms with van der Waals surface area (Å²) in [4.78, 5) is 22.2. The third kappa shape index (κ3) is 9.85. The summed E-state index contributed by atoms with van der Waals surface area (Å²) in [7, 11) is 0. The molecule has 1 N–H and O–H groups in total. The van der Waals surface area contributed by atoms with Gasteiger partial charge in [0, 0.05) is 0 Å². The molecule has 1 amide bonds. The van der Waals surface area contributed by atoms with Gasteiger partial charge in [-0.25, -0.2) is 4.79 Å². The highest BCUT2D eigenvalue weighted by Crippen LogP contribution is 2.08. The third-order valence-electron chi connectivity index (χ3n) is 2.24. The zero-order valence-electron chi connectivity index (χ0n) is 11.4. The summed E-state index contributed by atoms with van der Waals surface area (Å²) >= 11 is 0. The van der Waals surface area contributed by atoms with Gasteiger partial charge in [-0.1, -0.05) is 32.6 Å². The van der Waals surface area contributed by atoms with Crippen molar-refractivity contribution in [2.75, 3.05) is 0 Å². The molecular formula is C13H25NO3. The molecular weight excluding hydrogens is 218 g/mol. The van der Waals surface area contributed by atoms with Crippen LogP contribution in [0.3, 0.4) is 0 Å². The summed E-state index contributed by atoms with van der Waals surface area (Å²) in [5.41, 5.74) is -0.528. The van der Waals surface area contributed by atoms with Crippen LogP contribution < -0.4 is 5.32 Å². The van der Waals surface area contributed by atoms with Crippen molar-refractivity contribution < 1.29 is 14.3 Å². The van der Waals surface area contributed by atoms with Crippen LogP contribution in [-0.4, -0.2) is 24.0 Å². The number of nitrogens with one attached hydrogen (secondary N) is 1. The lowest BCUT2D eigenvalue weighted by Crippen LogP contribution is -2.39. The van der Waals surface area contributed by atoms with E-state index in [0.717, 1.165) is 32.0 Å². The fraction of sp³-hybridized carbons (Fsp3) is 0.846. The average Bonchev–Trinajstić information content (AvgIpc) is 2.20. The topological polar surface area (TPSA) is 55.4 Å². The molecule has 4 nitrogen and oxygen atoms in total.